The quantitative estimate of drug-likeness (QED) is 0.714. The topological polar surface area (TPSA) is 59.1 Å². The van der Waals surface area contributed by atoms with Crippen LogP contribution in [0.2, 0.25) is 5.02 Å². The lowest BCUT2D eigenvalue weighted by atomic mass is 9.97. The molecule has 0 radical (unpaired) electrons. The summed E-state index contributed by atoms with van der Waals surface area (Å²) in [6, 6.07) is 7.16. The Bertz CT molecular complexity index is 997. The molecule has 8 heteroatoms. The van der Waals surface area contributed by atoms with E-state index in [0.29, 0.717) is 24.6 Å². The Kier molecular flexibility index (Phi) is 5.19. The van der Waals surface area contributed by atoms with Gasteiger partial charge in [0, 0.05) is 13.1 Å². The van der Waals surface area contributed by atoms with Crippen molar-refractivity contribution in [2.24, 2.45) is 0 Å². The molecule has 0 aliphatic carbocycles. The molecule has 2 aromatic rings. The molecule has 1 fully saturated rings. The molecule has 1 saturated heterocycles. The molecule has 1 atom stereocenters. The number of nitrogens with zero attached hydrogens (tertiary/aromatic N) is 2. The molecule has 0 spiro atoms. The number of hydrogen-bond acceptors (Lipinski definition) is 5. The maximum atomic E-state index is 13.5. The second-order valence-electron chi connectivity index (χ2n) is 7.08. The Hall–Kier alpha value is -2.64. The minimum atomic E-state index is -0.594. The lowest BCUT2D eigenvalue weighted by Gasteiger charge is -2.32. The summed E-state index contributed by atoms with van der Waals surface area (Å²) in [5.41, 5.74) is 2.47. The molecule has 0 bridgehead atoms. The van der Waals surface area contributed by atoms with Crippen LogP contribution in [0.15, 0.2) is 30.3 Å². The summed E-state index contributed by atoms with van der Waals surface area (Å²) in [5.74, 6) is 0.0705. The number of carbonyl (C=O) groups excluding carboxylic acids is 2. The summed E-state index contributed by atoms with van der Waals surface area (Å²) < 4.78 is 24.2. The molecule has 152 valence electrons. The van der Waals surface area contributed by atoms with Crippen LogP contribution in [0.5, 0.6) is 11.5 Å². The first kappa shape index (κ1) is 19.7. The fourth-order valence-electron chi connectivity index (χ4n) is 3.97. The van der Waals surface area contributed by atoms with Gasteiger partial charge in [0.25, 0.3) is 5.91 Å². The standard InChI is InChI=1S/C21H20ClFN2O4/c1-28-18-7-12-5-6-24(11-13(12)8-19(18)29-2)17-10-20(26)25(21(17)27)14-3-4-16(23)15(22)9-14/h3-4,7-9,17H,5-6,10-11H2,1-2H3/t17-/m1/s1. The van der Waals surface area contributed by atoms with Gasteiger partial charge in [-0.2, -0.15) is 0 Å². The Morgan fingerprint density at radius 1 is 1.07 bits per heavy atom. The number of methoxy groups -OCH3 is 2. The largest absolute Gasteiger partial charge is 0.493 e. The van der Waals surface area contributed by atoms with Gasteiger partial charge in [-0.05, 0) is 47.9 Å². The number of carbonyl (C=O) groups is 2. The van der Waals surface area contributed by atoms with Gasteiger partial charge in [-0.3, -0.25) is 14.5 Å². The average molecular weight is 419 g/mol. The fraction of sp³-hybridized carbons (Fsp3) is 0.333. The number of rotatable bonds is 4. The maximum absolute atomic E-state index is 13.5. The van der Waals surface area contributed by atoms with Crippen LogP contribution in [-0.2, 0) is 22.6 Å². The highest BCUT2D eigenvalue weighted by Gasteiger charge is 2.43. The van der Waals surface area contributed by atoms with E-state index in [-0.39, 0.29) is 28.9 Å². The van der Waals surface area contributed by atoms with Gasteiger partial charge in [0.1, 0.15) is 5.82 Å². The van der Waals surface area contributed by atoms with Gasteiger partial charge >= 0.3 is 0 Å². The maximum Gasteiger partial charge on any atom is 0.251 e. The van der Waals surface area contributed by atoms with E-state index in [2.05, 4.69) is 0 Å². The van der Waals surface area contributed by atoms with Gasteiger partial charge in [0.2, 0.25) is 5.91 Å². The van der Waals surface area contributed by atoms with Gasteiger partial charge in [0.15, 0.2) is 11.5 Å². The van der Waals surface area contributed by atoms with Crippen molar-refractivity contribution in [3.8, 4) is 11.5 Å². The van der Waals surface area contributed by atoms with E-state index in [4.69, 9.17) is 21.1 Å². The number of anilines is 1. The van der Waals surface area contributed by atoms with Gasteiger partial charge in [-0.25, -0.2) is 9.29 Å². The van der Waals surface area contributed by atoms with E-state index < -0.39 is 11.9 Å². The van der Waals surface area contributed by atoms with Crippen LogP contribution in [0.3, 0.4) is 0 Å². The van der Waals surface area contributed by atoms with E-state index in [1.807, 2.05) is 17.0 Å². The lowest BCUT2D eigenvalue weighted by Crippen LogP contribution is -2.44. The predicted octanol–water partition coefficient (Wildman–Crippen LogP) is 3.19. The molecule has 6 nitrogen and oxygen atoms in total. The molecular formula is C21H20ClFN2O4. The molecular weight excluding hydrogens is 399 g/mol. The molecule has 2 heterocycles. The SMILES string of the molecule is COc1cc2c(cc1OC)CN([C@@H]1CC(=O)N(c3ccc(F)c(Cl)c3)C1=O)CC2. The number of amides is 2. The molecule has 2 amide bonds. The second-order valence-corrected chi connectivity index (χ2v) is 7.49. The molecule has 0 unspecified atom stereocenters. The Morgan fingerprint density at radius 3 is 2.41 bits per heavy atom. The first-order valence-corrected chi connectivity index (χ1v) is 9.60. The lowest BCUT2D eigenvalue weighted by molar-refractivity contribution is -0.123. The third-order valence-corrected chi connectivity index (χ3v) is 5.76. The van der Waals surface area contributed by atoms with E-state index in [9.17, 15) is 14.0 Å². The molecule has 2 aromatic carbocycles. The zero-order valence-corrected chi connectivity index (χ0v) is 16.8. The van der Waals surface area contributed by atoms with Crippen LogP contribution in [-0.4, -0.2) is 43.5 Å². The van der Waals surface area contributed by atoms with Crippen LogP contribution in [0.4, 0.5) is 10.1 Å². The summed E-state index contributed by atoms with van der Waals surface area (Å²) >= 11 is 5.83. The van der Waals surface area contributed by atoms with Crippen molar-refractivity contribution in [1.82, 2.24) is 4.90 Å². The van der Waals surface area contributed by atoms with Crippen LogP contribution in [0.25, 0.3) is 0 Å². The Balaban J connectivity index is 1.58. The van der Waals surface area contributed by atoms with E-state index in [0.717, 1.165) is 28.5 Å². The highest BCUT2D eigenvalue weighted by Crippen LogP contribution is 2.35. The van der Waals surface area contributed by atoms with Crippen molar-refractivity contribution in [1.29, 1.82) is 0 Å². The first-order chi connectivity index (χ1) is 13.9. The number of hydrogen-bond donors (Lipinski definition) is 0. The third-order valence-electron chi connectivity index (χ3n) is 5.47. The van der Waals surface area contributed by atoms with Gasteiger partial charge < -0.3 is 9.47 Å². The van der Waals surface area contributed by atoms with Gasteiger partial charge in [0.05, 0.1) is 37.4 Å². The first-order valence-electron chi connectivity index (χ1n) is 9.22. The van der Waals surface area contributed by atoms with E-state index >= 15 is 0 Å². The monoisotopic (exact) mass is 418 g/mol. The molecule has 29 heavy (non-hydrogen) atoms. The summed E-state index contributed by atoms with van der Waals surface area (Å²) in [4.78, 5) is 28.7. The van der Waals surface area contributed by atoms with Crippen LogP contribution in [0, 0.1) is 5.82 Å². The number of ether oxygens (including phenoxy) is 2. The summed E-state index contributed by atoms with van der Waals surface area (Å²) in [6.07, 6.45) is 0.812. The van der Waals surface area contributed by atoms with Gasteiger partial charge in [-0.15, -0.1) is 0 Å². The van der Waals surface area contributed by atoms with Crippen LogP contribution >= 0.6 is 11.6 Å². The summed E-state index contributed by atoms with van der Waals surface area (Å²) in [7, 11) is 3.17. The highest BCUT2D eigenvalue weighted by atomic mass is 35.5. The molecule has 4 rings (SSSR count). The zero-order chi connectivity index (χ0) is 20.7. The molecule has 0 N–H and O–H groups in total. The molecule has 2 aliphatic rings. The van der Waals surface area contributed by atoms with E-state index in [1.54, 1.807) is 14.2 Å². The van der Waals surface area contributed by atoms with Crippen LogP contribution < -0.4 is 14.4 Å². The Morgan fingerprint density at radius 2 is 1.76 bits per heavy atom. The van der Waals surface area contributed by atoms with Crippen molar-refractivity contribution in [2.45, 2.75) is 25.4 Å². The summed E-state index contributed by atoms with van der Waals surface area (Å²) in [5, 5.41) is -0.125. The van der Waals surface area contributed by atoms with Crippen molar-refractivity contribution in [2.75, 3.05) is 25.7 Å². The number of imide groups is 1. The van der Waals surface area contributed by atoms with Crippen molar-refractivity contribution in [3.63, 3.8) is 0 Å². The molecule has 0 aromatic heterocycles. The average Bonchev–Trinajstić information content (AvgIpc) is 3.02. The second kappa shape index (κ2) is 7.65. The smallest absolute Gasteiger partial charge is 0.251 e. The minimum absolute atomic E-state index is 0.0798. The Labute approximate surface area is 172 Å². The third kappa shape index (κ3) is 3.45. The molecule has 0 saturated carbocycles. The number of halogens is 2. The van der Waals surface area contributed by atoms with Crippen LogP contribution in [0.1, 0.15) is 17.5 Å². The fourth-order valence-corrected chi connectivity index (χ4v) is 4.14. The molecule has 2 aliphatic heterocycles. The number of fused-ring (bicyclic) bond motifs is 1. The van der Waals surface area contributed by atoms with Crippen molar-refractivity contribution >= 4 is 29.1 Å². The van der Waals surface area contributed by atoms with E-state index in [1.165, 1.54) is 12.1 Å². The van der Waals surface area contributed by atoms with Crippen molar-refractivity contribution < 1.29 is 23.5 Å². The summed E-state index contributed by atoms with van der Waals surface area (Å²) in [6.45, 7) is 1.17. The number of benzene rings is 2. The normalized spacial score (nSPS) is 19.4. The zero-order valence-electron chi connectivity index (χ0n) is 16.1. The van der Waals surface area contributed by atoms with Gasteiger partial charge in [-0.1, -0.05) is 11.6 Å². The highest BCUT2D eigenvalue weighted by molar-refractivity contribution is 6.31. The predicted molar refractivity (Wildman–Crippen MR) is 106 cm³/mol. The van der Waals surface area contributed by atoms with Crippen molar-refractivity contribution in [3.05, 3.63) is 52.3 Å². The minimum Gasteiger partial charge on any atom is -0.493 e.